The first-order chi connectivity index (χ1) is 5.24. The average molecular weight is 154 g/mol. The molecule has 0 saturated carbocycles. The number of nitriles is 1. The van der Waals surface area contributed by atoms with Crippen molar-refractivity contribution >= 4 is 0 Å². The normalized spacial score (nSPS) is 9.64. The van der Waals surface area contributed by atoms with Gasteiger partial charge in [-0.05, 0) is 6.07 Å². The van der Waals surface area contributed by atoms with Crippen LogP contribution in [0.15, 0.2) is 18.5 Å². The molecule has 2 nitrogen and oxygen atoms in total. The smallest absolute Gasteiger partial charge is 0.263 e. The molecule has 56 valence electrons. The maximum atomic E-state index is 11.9. The monoisotopic (exact) mass is 154 g/mol. The molecule has 0 saturated heterocycles. The molecule has 11 heavy (non-hydrogen) atoms. The van der Waals surface area contributed by atoms with Gasteiger partial charge in [0.05, 0.1) is 5.56 Å². The second-order valence-electron chi connectivity index (χ2n) is 1.92. The third kappa shape index (κ3) is 1.71. The summed E-state index contributed by atoms with van der Waals surface area (Å²) in [7, 11) is 0. The van der Waals surface area contributed by atoms with E-state index in [4.69, 9.17) is 5.26 Å². The van der Waals surface area contributed by atoms with E-state index in [9.17, 15) is 8.78 Å². The van der Waals surface area contributed by atoms with Crippen LogP contribution in [0.5, 0.6) is 0 Å². The van der Waals surface area contributed by atoms with Crippen LogP contribution in [0.2, 0.25) is 0 Å². The number of nitrogens with zero attached hydrogens (tertiary/aromatic N) is 2. The van der Waals surface area contributed by atoms with Crippen molar-refractivity contribution in [2.24, 2.45) is 0 Å². The molecular weight excluding hydrogens is 150 g/mol. The summed E-state index contributed by atoms with van der Waals surface area (Å²) < 4.78 is 23.9. The maximum Gasteiger partial charge on any atom is 0.265 e. The van der Waals surface area contributed by atoms with Gasteiger partial charge in [-0.25, -0.2) is 8.78 Å². The van der Waals surface area contributed by atoms with E-state index in [0.29, 0.717) is 0 Å². The number of pyridine rings is 1. The molecule has 1 rings (SSSR count). The number of hydrogen-bond donors (Lipinski definition) is 0. The van der Waals surface area contributed by atoms with Gasteiger partial charge in [0.1, 0.15) is 6.07 Å². The first-order valence-electron chi connectivity index (χ1n) is 2.87. The summed E-state index contributed by atoms with van der Waals surface area (Å²) in [6, 6.07) is 2.85. The molecule has 1 heterocycles. The minimum absolute atomic E-state index is 0.155. The summed E-state index contributed by atoms with van der Waals surface area (Å²) in [5.74, 6) is 0. The Balaban J connectivity index is 3.03. The van der Waals surface area contributed by atoms with Crippen LogP contribution < -0.4 is 0 Å². The van der Waals surface area contributed by atoms with Crippen LogP contribution in [0.1, 0.15) is 17.6 Å². The van der Waals surface area contributed by atoms with Gasteiger partial charge in [-0.1, -0.05) is 0 Å². The van der Waals surface area contributed by atoms with Crippen molar-refractivity contribution in [2.75, 3.05) is 0 Å². The number of hydrogen-bond acceptors (Lipinski definition) is 2. The fraction of sp³-hybridized carbons (Fsp3) is 0.143. The zero-order valence-corrected chi connectivity index (χ0v) is 5.46. The van der Waals surface area contributed by atoms with Crippen LogP contribution in [0.3, 0.4) is 0 Å². The van der Waals surface area contributed by atoms with Crippen LogP contribution in [-0.4, -0.2) is 4.98 Å². The van der Waals surface area contributed by atoms with Gasteiger partial charge in [0, 0.05) is 18.0 Å². The SMILES string of the molecule is N#Cc1cncc(C(F)F)c1. The third-order valence-electron chi connectivity index (χ3n) is 1.14. The molecule has 0 fully saturated rings. The van der Waals surface area contributed by atoms with E-state index >= 15 is 0 Å². The van der Waals surface area contributed by atoms with Gasteiger partial charge < -0.3 is 0 Å². The molecule has 0 unspecified atom stereocenters. The molecule has 0 bridgehead atoms. The van der Waals surface area contributed by atoms with Crippen molar-refractivity contribution in [2.45, 2.75) is 6.43 Å². The Hall–Kier alpha value is -1.50. The molecule has 0 radical (unpaired) electrons. The second-order valence-corrected chi connectivity index (χ2v) is 1.92. The fourth-order valence-corrected chi connectivity index (χ4v) is 0.638. The van der Waals surface area contributed by atoms with E-state index < -0.39 is 6.43 Å². The predicted molar refractivity (Wildman–Crippen MR) is 33.9 cm³/mol. The van der Waals surface area contributed by atoms with Crippen molar-refractivity contribution < 1.29 is 8.78 Å². The highest BCUT2D eigenvalue weighted by molar-refractivity contribution is 5.29. The summed E-state index contributed by atoms with van der Waals surface area (Å²) in [5, 5.41) is 8.31. The van der Waals surface area contributed by atoms with Gasteiger partial charge in [-0.3, -0.25) is 4.98 Å². The topological polar surface area (TPSA) is 36.7 Å². The Morgan fingerprint density at radius 3 is 2.73 bits per heavy atom. The first-order valence-corrected chi connectivity index (χ1v) is 2.87. The van der Waals surface area contributed by atoms with Crippen LogP contribution in [-0.2, 0) is 0 Å². The van der Waals surface area contributed by atoms with Crippen molar-refractivity contribution in [1.82, 2.24) is 4.98 Å². The Labute approximate surface area is 62.1 Å². The van der Waals surface area contributed by atoms with Gasteiger partial charge in [-0.2, -0.15) is 5.26 Å². The van der Waals surface area contributed by atoms with Crippen LogP contribution >= 0.6 is 0 Å². The quantitative estimate of drug-likeness (QED) is 0.619. The zero-order chi connectivity index (χ0) is 8.27. The summed E-state index contributed by atoms with van der Waals surface area (Å²) in [6.45, 7) is 0. The second kappa shape index (κ2) is 3.06. The molecular formula is C7H4F2N2. The minimum atomic E-state index is -2.56. The molecule has 0 aromatic carbocycles. The van der Waals surface area contributed by atoms with Crippen LogP contribution in [0, 0.1) is 11.3 Å². The molecule has 0 aliphatic rings. The largest absolute Gasteiger partial charge is 0.265 e. The lowest BCUT2D eigenvalue weighted by atomic mass is 10.2. The average Bonchev–Trinajstić information content (AvgIpc) is 2.05. The fourth-order valence-electron chi connectivity index (χ4n) is 0.638. The summed E-state index contributed by atoms with van der Waals surface area (Å²) in [5.41, 5.74) is -0.0631. The molecule has 4 heteroatoms. The van der Waals surface area contributed by atoms with Crippen LogP contribution in [0.4, 0.5) is 8.78 Å². The maximum absolute atomic E-state index is 11.9. The van der Waals surface area contributed by atoms with E-state index in [-0.39, 0.29) is 11.1 Å². The third-order valence-corrected chi connectivity index (χ3v) is 1.14. The molecule has 0 atom stereocenters. The standard InChI is InChI=1S/C7H4F2N2/c8-7(9)6-1-5(2-10)3-11-4-6/h1,3-4,7H. The Morgan fingerprint density at radius 1 is 1.45 bits per heavy atom. The molecule has 0 N–H and O–H groups in total. The Kier molecular flexibility index (Phi) is 2.12. The van der Waals surface area contributed by atoms with Gasteiger partial charge in [0.2, 0.25) is 0 Å². The van der Waals surface area contributed by atoms with Crippen molar-refractivity contribution in [3.05, 3.63) is 29.6 Å². The van der Waals surface area contributed by atoms with E-state index in [2.05, 4.69) is 4.98 Å². The number of alkyl halides is 2. The highest BCUT2D eigenvalue weighted by Crippen LogP contribution is 2.17. The first kappa shape index (κ1) is 7.61. The van der Waals surface area contributed by atoms with E-state index in [1.807, 2.05) is 0 Å². The zero-order valence-electron chi connectivity index (χ0n) is 5.46. The van der Waals surface area contributed by atoms with Gasteiger partial charge in [0.25, 0.3) is 6.43 Å². The van der Waals surface area contributed by atoms with Crippen molar-refractivity contribution in [1.29, 1.82) is 5.26 Å². The number of aromatic nitrogens is 1. The molecule has 1 aromatic rings. The van der Waals surface area contributed by atoms with Gasteiger partial charge in [0.15, 0.2) is 0 Å². The van der Waals surface area contributed by atoms with Crippen LogP contribution in [0.25, 0.3) is 0 Å². The van der Waals surface area contributed by atoms with Gasteiger partial charge >= 0.3 is 0 Å². The Morgan fingerprint density at radius 2 is 2.18 bits per heavy atom. The lowest BCUT2D eigenvalue weighted by Gasteiger charge is -1.96. The summed E-state index contributed by atoms with van der Waals surface area (Å²) >= 11 is 0. The molecule has 0 aliphatic heterocycles. The number of rotatable bonds is 1. The predicted octanol–water partition coefficient (Wildman–Crippen LogP) is 1.89. The summed E-state index contributed by atoms with van der Waals surface area (Å²) in [4.78, 5) is 3.47. The summed E-state index contributed by atoms with van der Waals surface area (Å²) in [6.07, 6.45) is -0.270. The van der Waals surface area contributed by atoms with Gasteiger partial charge in [-0.15, -0.1) is 0 Å². The van der Waals surface area contributed by atoms with E-state index in [1.165, 1.54) is 6.20 Å². The lowest BCUT2D eigenvalue weighted by molar-refractivity contribution is 0.151. The lowest BCUT2D eigenvalue weighted by Crippen LogP contribution is -1.87. The molecule has 1 aromatic heterocycles. The molecule has 0 spiro atoms. The highest BCUT2D eigenvalue weighted by atomic mass is 19.3. The Bertz CT molecular complexity index is 291. The van der Waals surface area contributed by atoms with Crippen molar-refractivity contribution in [3.63, 3.8) is 0 Å². The minimum Gasteiger partial charge on any atom is -0.263 e. The highest BCUT2D eigenvalue weighted by Gasteiger charge is 2.06. The van der Waals surface area contributed by atoms with E-state index in [1.54, 1.807) is 6.07 Å². The molecule has 0 amide bonds. The molecule has 0 aliphatic carbocycles. The van der Waals surface area contributed by atoms with E-state index in [0.717, 1.165) is 12.3 Å². The van der Waals surface area contributed by atoms with Crippen molar-refractivity contribution in [3.8, 4) is 6.07 Å². The number of halogens is 2.